The van der Waals surface area contributed by atoms with Gasteiger partial charge in [0.15, 0.2) is 4.80 Å². The largest absolute Gasteiger partial charge is 0.311 e. The number of rotatable bonds is 5. The van der Waals surface area contributed by atoms with E-state index in [-0.39, 0.29) is 29.1 Å². The highest BCUT2D eigenvalue weighted by molar-refractivity contribution is 7.91. The van der Waals surface area contributed by atoms with Crippen LogP contribution in [-0.4, -0.2) is 36.3 Å². The number of benzene rings is 1. The maximum absolute atomic E-state index is 13.0. The zero-order valence-electron chi connectivity index (χ0n) is 16.6. The predicted octanol–water partition coefficient (Wildman–Crippen LogP) is 5.44. The molecule has 4 rings (SSSR count). The summed E-state index contributed by atoms with van der Waals surface area (Å²) in [6.45, 7) is 4.70. The van der Waals surface area contributed by atoms with Crippen LogP contribution in [0.25, 0.3) is 10.2 Å². The molecule has 1 aromatic carbocycles. The standard InChI is InChI=1S/C20H18Cl3N3O3S3/c1-2-9-26-17-13(21)3-4-14(22)18(17)31-20(26)24-19(27)12-7-10-25(11-8-12)32(28,29)16-6-5-15(23)30-16/h2-6,12H,1,7-11H2. The highest BCUT2D eigenvalue weighted by Gasteiger charge is 2.33. The normalized spacial score (nSPS) is 16.7. The van der Waals surface area contributed by atoms with E-state index >= 15 is 0 Å². The average Bonchev–Trinajstić information content (AvgIpc) is 3.36. The third-order valence-corrected chi connectivity index (χ3v) is 10.6. The lowest BCUT2D eigenvalue weighted by atomic mass is 9.98. The third kappa shape index (κ3) is 4.57. The van der Waals surface area contributed by atoms with Crippen molar-refractivity contribution in [3.8, 4) is 0 Å². The molecule has 0 saturated carbocycles. The second-order valence-electron chi connectivity index (χ2n) is 7.18. The van der Waals surface area contributed by atoms with E-state index < -0.39 is 10.0 Å². The molecule has 1 aliphatic heterocycles. The number of piperidine rings is 1. The number of hydrogen-bond acceptors (Lipinski definition) is 5. The number of carbonyl (C=O) groups is 1. The Balaban J connectivity index is 1.57. The molecule has 3 aromatic rings. The van der Waals surface area contributed by atoms with Gasteiger partial charge in [0.05, 0.1) is 24.6 Å². The van der Waals surface area contributed by atoms with Crippen LogP contribution in [0.4, 0.5) is 0 Å². The van der Waals surface area contributed by atoms with E-state index in [4.69, 9.17) is 34.8 Å². The summed E-state index contributed by atoms with van der Waals surface area (Å²) >= 11 is 20.9. The van der Waals surface area contributed by atoms with Crippen LogP contribution in [0, 0.1) is 5.92 Å². The summed E-state index contributed by atoms with van der Waals surface area (Å²) in [5, 5.41) is 1.05. The molecule has 0 bridgehead atoms. The van der Waals surface area contributed by atoms with Gasteiger partial charge in [0.1, 0.15) is 4.21 Å². The number of allylic oxidation sites excluding steroid dienone is 1. The number of thiazole rings is 1. The lowest BCUT2D eigenvalue weighted by molar-refractivity contribution is -0.122. The first-order chi connectivity index (χ1) is 15.2. The van der Waals surface area contributed by atoms with Crippen molar-refractivity contribution in [1.82, 2.24) is 8.87 Å². The van der Waals surface area contributed by atoms with Gasteiger partial charge in [-0.15, -0.1) is 17.9 Å². The smallest absolute Gasteiger partial charge is 0.252 e. The molecular weight excluding hydrogens is 533 g/mol. The summed E-state index contributed by atoms with van der Waals surface area (Å²) in [4.78, 5) is 17.8. The van der Waals surface area contributed by atoms with E-state index in [0.717, 1.165) is 16.0 Å². The second-order valence-corrected chi connectivity index (χ2v) is 12.8. The molecule has 0 radical (unpaired) electrons. The summed E-state index contributed by atoms with van der Waals surface area (Å²) < 4.78 is 30.2. The van der Waals surface area contributed by atoms with E-state index in [1.165, 1.54) is 21.7 Å². The van der Waals surface area contributed by atoms with Crippen molar-refractivity contribution in [2.75, 3.05) is 13.1 Å². The van der Waals surface area contributed by atoms with Gasteiger partial charge in [-0.25, -0.2) is 8.42 Å². The first-order valence-corrected chi connectivity index (χ1v) is 13.9. The quantitative estimate of drug-likeness (QED) is 0.397. The Morgan fingerprint density at radius 2 is 1.81 bits per heavy atom. The zero-order chi connectivity index (χ0) is 23.0. The van der Waals surface area contributed by atoms with Crippen LogP contribution in [0.1, 0.15) is 12.8 Å². The van der Waals surface area contributed by atoms with Crippen molar-refractivity contribution in [1.29, 1.82) is 0 Å². The number of amides is 1. The second kappa shape index (κ2) is 9.58. The highest BCUT2D eigenvalue weighted by Crippen LogP contribution is 2.33. The van der Waals surface area contributed by atoms with Gasteiger partial charge in [0.2, 0.25) is 0 Å². The number of carbonyl (C=O) groups excluding carboxylic acids is 1. The molecule has 32 heavy (non-hydrogen) atoms. The molecule has 3 heterocycles. The summed E-state index contributed by atoms with van der Waals surface area (Å²) in [5.74, 6) is -0.639. The molecule has 6 nitrogen and oxygen atoms in total. The number of thiophene rings is 1. The van der Waals surface area contributed by atoms with Crippen molar-refractivity contribution >= 4 is 83.6 Å². The molecule has 0 spiro atoms. The SMILES string of the molecule is C=CCn1c(=NC(=O)C2CCN(S(=O)(=O)c3ccc(Cl)s3)CC2)sc2c(Cl)ccc(Cl)c21. The monoisotopic (exact) mass is 549 g/mol. The molecule has 0 atom stereocenters. The maximum atomic E-state index is 13.0. The number of nitrogens with zero attached hydrogens (tertiary/aromatic N) is 3. The Morgan fingerprint density at radius 3 is 2.44 bits per heavy atom. The van der Waals surface area contributed by atoms with E-state index in [2.05, 4.69) is 11.6 Å². The topological polar surface area (TPSA) is 71.7 Å². The minimum absolute atomic E-state index is 0.210. The summed E-state index contributed by atoms with van der Waals surface area (Å²) in [7, 11) is -3.61. The van der Waals surface area contributed by atoms with Crippen molar-refractivity contribution in [3.05, 3.63) is 56.1 Å². The number of hydrogen-bond donors (Lipinski definition) is 0. The Bertz CT molecular complexity index is 1370. The zero-order valence-corrected chi connectivity index (χ0v) is 21.3. The van der Waals surface area contributed by atoms with Gasteiger partial charge in [-0.2, -0.15) is 9.30 Å². The van der Waals surface area contributed by atoms with Crippen LogP contribution < -0.4 is 4.80 Å². The molecule has 1 aliphatic rings. The van der Waals surface area contributed by atoms with Crippen molar-refractivity contribution in [2.45, 2.75) is 23.6 Å². The van der Waals surface area contributed by atoms with Crippen molar-refractivity contribution < 1.29 is 13.2 Å². The van der Waals surface area contributed by atoms with Crippen molar-refractivity contribution in [3.63, 3.8) is 0 Å². The fraction of sp³-hybridized carbons (Fsp3) is 0.300. The van der Waals surface area contributed by atoms with Crippen LogP contribution in [0.15, 0.2) is 46.1 Å². The molecule has 170 valence electrons. The first kappa shape index (κ1) is 23.9. The van der Waals surface area contributed by atoms with Crippen LogP contribution in [0.5, 0.6) is 0 Å². The fourth-order valence-electron chi connectivity index (χ4n) is 3.59. The van der Waals surface area contributed by atoms with Gasteiger partial charge in [-0.3, -0.25) is 4.79 Å². The molecule has 0 aliphatic carbocycles. The number of halogens is 3. The van der Waals surface area contributed by atoms with Gasteiger partial charge < -0.3 is 4.57 Å². The van der Waals surface area contributed by atoms with Gasteiger partial charge in [-0.05, 0) is 37.1 Å². The van der Waals surface area contributed by atoms with Crippen LogP contribution >= 0.6 is 57.5 Å². The Kier molecular flexibility index (Phi) is 7.17. The maximum Gasteiger partial charge on any atom is 0.252 e. The molecule has 12 heteroatoms. The Labute approximate surface area is 208 Å². The van der Waals surface area contributed by atoms with Gasteiger partial charge in [0, 0.05) is 25.6 Å². The molecule has 1 amide bonds. The number of sulfonamides is 1. The van der Waals surface area contributed by atoms with Gasteiger partial charge in [0.25, 0.3) is 15.9 Å². The van der Waals surface area contributed by atoms with Crippen LogP contribution in [0.3, 0.4) is 0 Å². The molecule has 0 unspecified atom stereocenters. The minimum Gasteiger partial charge on any atom is -0.311 e. The Morgan fingerprint density at radius 1 is 1.12 bits per heavy atom. The van der Waals surface area contributed by atoms with Crippen LogP contribution in [0.2, 0.25) is 14.4 Å². The number of fused-ring (bicyclic) bond motifs is 1. The third-order valence-electron chi connectivity index (χ3n) is 5.19. The van der Waals surface area contributed by atoms with Gasteiger partial charge in [-0.1, -0.05) is 52.2 Å². The molecular formula is C20H18Cl3N3O3S3. The molecule has 1 fully saturated rings. The molecule has 2 aromatic heterocycles. The van der Waals surface area contributed by atoms with E-state index in [9.17, 15) is 13.2 Å². The molecule has 1 saturated heterocycles. The predicted molar refractivity (Wildman–Crippen MR) is 131 cm³/mol. The summed E-state index contributed by atoms with van der Waals surface area (Å²) in [5.41, 5.74) is 0.714. The lowest BCUT2D eigenvalue weighted by Crippen LogP contribution is -2.40. The minimum atomic E-state index is -3.61. The number of aromatic nitrogens is 1. The van der Waals surface area contributed by atoms with E-state index in [0.29, 0.717) is 44.1 Å². The summed E-state index contributed by atoms with van der Waals surface area (Å²) in [6.07, 6.45) is 2.50. The van der Waals surface area contributed by atoms with Crippen molar-refractivity contribution in [2.24, 2.45) is 10.9 Å². The lowest BCUT2D eigenvalue weighted by Gasteiger charge is -2.29. The van der Waals surface area contributed by atoms with E-state index in [1.807, 2.05) is 4.57 Å². The fourth-order valence-corrected chi connectivity index (χ4v) is 8.35. The Hall–Kier alpha value is -1.20. The molecule has 0 N–H and O–H groups in total. The summed E-state index contributed by atoms with van der Waals surface area (Å²) in [6, 6.07) is 6.49. The van der Waals surface area contributed by atoms with Crippen LogP contribution in [-0.2, 0) is 21.4 Å². The van der Waals surface area contributed by atoms with Gasteiger partial charge >= 0.3 is 0 Å². The average molecular weight is 551 g/mol. The van der Waals surface area contributed by atoms with E-state index in [1.54, 1.807) is 24.3 Å². The first-order valence-electron chi connectivity index (χ1n) is 9.64. The highest BCUT2D eigenvalue weighted by atomic mass is 35.5.